The Kier molecular flexibility index (Phi) is 4.55. The molecule has 2 amide bonds. The molecule has 0 bridgehead atoms. The topological polar surface area (TPSA) is 58.6 Å². The zero-order chi connectivity index (χ0) is 16.4. The van der Waals surface area contributed by atoms with Crippen molar-refractivity contribution in [3.63, 3.8) is 0 Å². The Hall–Kier alpha value is -2.04. The quantitative estimate of drug-likeness (QED) is 0.909. The monoisotopic (exact) mass is 316 g/mol. The summed E-state index contributed by atoms with van der Waals surface area (Å²) in [5.41, 5.74) is 0.737. The van der Waals surface area contributed by atoms with Gasteiger partial charge in [0.2, 0.25) is 11.8 Å². The Morgan fingerprint density at radius 2 is 1.96 bits per heavy atom. The molecule has 3 rings (SSSR count). The van der Waals surface area contributed by atoms with Gasteiger partial charge in [-0.25, -0.2) is 0 Å². The second-order valence-electron chi connectivity index (χ2n) is 6.71. The van der Waals surface area contributed by atoms with Crippen LogP contribution < -0.4 is 10.1 Å². The molecule has 1 unspecified atom stereocenters. The van der Waals surface area contributed by atoms with Crippen LogP contribution >= 0.6 is 0 Å². The third-order valence-electron chi connectivity index (χ3n) is 4.54. The first kappa shape index (κ1) is 15.8. The van der Waals surface area contributed by atoms with E-state index in [4.69, 9.17) is 4.74 Å². The number of rotatable bonds is 5. The molecule has 5 nitrogen and oxygen atoms in total. The fourth-order valence-corrected chi connectivity index (χ4v) is 3.09. The number of amides is 2. The average Bonchev–Trinajstić information content (AvgIpc) is 2.81. The normalized spacial score (nSPS) is 21.4. The van der Waals surface area contributed by atoms with Gasteiger partial charge in [0.05, 0.1) is 12.0 Å². The first-order chi connectivity index (χ1) is 11.0. The third-order valence-corrected chi connectivity index (χ3v) is 4.54. The van der Waals surface area contributed by atoms with E-state index < -0.39 is 0 Å². The van der Waals surface area contributed by atoms with E-state index in [0.717, 1.165) is 24.3 Å². The highest BCUT2D eigenvalue weighted by molar-refractivity contribution is 5.97. The summed E-state index contributed by atoms with van der Waals surface area (Å²) in [4.78, 5) is 26.3. The predicted molar refractivity (Wildman–Crippen MR) is 88.3 cm³/mol. The number of ether oxygens (including phenoxy) is 1. The second kappa shape index (κ2) is 6.60. The lowest BCUT2D eigenvalue weighted by Gasteiger charge is -2.34. The van der Waals surface area contributed by atoms with Crippen molar-refractivity contribution in [2.24, 2.45) is 5.92 Å². The van der Waals surface area contributed by atoms with Crippen molar-refractivity contribution in [3.05, 3.63) is 24.3 Å². The van der Waals surface area contributed by atoms with Crippen molar-refractivity contribution < 1.29 is 14.3 Å². The Labute approximate surface area is 137 Å². The third kappa shape index (κ3) is 3.66. The number of anilines is 1. The molecule has 0 aromatic heterocycles. The van der Waals surface area contributed by atoms with Crippen molar-refractivity contribution in [2.75, 3.05) is 11.9 Å². The zero-order valence-corrected chi connectivity index (χ0v) is 13.7. The van der Waals surface area contributed by atoms with E-state index >= 15 is 0 Å². The fraction of sp³-hybridized carbons (Fsp3) is 0.556. The van der Waals surface area contributed by atoms with Crippen molar-refractivity contribution >= 4 is 17.5 Å². The van der Waals surface area contributed by atoms with Gasteiger partial charge >= 0.3 is 0 Å². The zero-order valence-electron chi connectivity index (χ0n) is 13.7. The van der Waals surface area contributed by atoms with Gasteiger partial charge in [-0.15, -0.1) is 0 Å². The molecule has 23 heavy (non-hydrogen) atoms. The molecule has 2 fully saturated rings. The highest BCUT2D eigenvalue weighted by Crippen LogP contribution is 2.31. The Morgan fingerprint density at radius 1 is 1.26 bits per heavy atom. The van der Waals surface area contributed by atoms with Crippen LogP contribution in [-0.4, -0.2) is 35.4 Å². The minimum absolute atomic E-state index is 0.0716. The summed E-state index contributed by atoms with van der Waals surface area (Å²) in [6.07, 6.45) is 3.80. The number of hydrogen-bond donors (Lipinski definition) is 1. The predicted octanol–water partition coefficient (Wildman–Crippen LogP) is 2.81. The summed E-state index contributed by atoms with van der Waals surface area (Å²) in [7, 11) is 0. The van der Waals surface area contributed by atoms with Crippen LogP contribution in [0.1, 0.15) is 39.5 Å². The highest BCUT2D eigenvalue weighted by atomic mass is 16.5. The number of benzene rings is 1. The molecule has 1 saturated carbocycles. The number of likely N-dealkylation sites (tertiary alicyclic amines) is 1. The molecule has 1 saturated heterocycles. The summed E-state index contributed by atoms with van der Waals surface area (Å²) in [6, 6.07) is 7.71. The van der Waals surface area contributed by atoms with Gasteiger partial charge in [-0.05, 0) is 57.4 Å². The van der Waals surface area contributed by atoms with Crippen molar-refractivity contribution in [1.29, 1.82) is 0 Å². The molecule has 1 aromatic carbocycles. The van der Waals surface area contributed by atoms with Crippen molar-refractivity contribution in [2.45, 2.75) is 51.7 Å². The second-order valence-corrected chi connectivity index (χ2v) is 6.71. The van der Waals surface area contributed by atoms with E-state index in [-0.39, 0.29) is 23.8 Å². The van der Waals surface area contributed by atoms with E-state index in [9.17, 15) is 9.59 Å². The molecule has 124 valence electrons. The number of carbonyl (C=O) groups excluding carboxylic acids is 2. The summed E-state index contributed by atoms with van der Waals surface area (Å²) in [5, 5.41) is 2.91. The van der Waals surface area contributed by atoms with Crippen LogP contribution in [0.4, 0.5) is 5.69 Å². The van der Waals surface area contributed by atoms with Gasteiger partial charge in [-0.2, -0.15) is 0 Å². The van der Waals surface area contributed by atoms with Gasteiger partial charge in [0, 0.05) is 24.7 Å². The maximum atomic E-state index is 12.4. The molecule has 0 spiro atoms. The number of nitrogens with zero attached hydrogens (tertiary/aromatic N) is 1. The molecular weight excluding hydrogens is 292 g/mol. The number of carbonyl (C=O) groups is 2. The Morgan fingerprint density at radius 3 is 2.52 bits per heavy atom. The van der Waals surface area contributed by atoms with Gasteiger partial charge in [0.1, 0.15) is 5.75 Å². The summed E-state index contributed by atoms with van der Waals surface area (Å²) >= 11 is 0. The van der Waals surface area contributed by atoms with Gasteiger partial charge < -0.3 is 15.0 Å². The standard InChI is InChI=1S/C18H24N2O3/c1-12(2)23-16-8-6-14(7-9-16)19-18(22)13-10-17(21)20(11-13)15-4-3-5-15/h6-9,12-13,15H,3-5,10-11H2,1-2H3,(H,19,22). The average molecular weight is 316 g/mol. The van der Waals surface area contributed by atoms with Crippen LogP contribution in [0.2, 0.25) is 0 Å². The lowest BCUT2D eigenvalue weighted by Crippen LogP contribution is -2.41. The van der Waals surface area contributed by atoms with Gasteiger partial charge in [0.25, 0.3) is 0 Å². The molecule has 1 aliphatic heterocycles. The van der Waals surface area contributed by atoms with Gasteiger partial charge in [-0.3, -0.25) is 9.59 Å². The molecule has 2 aliphatic rings. The van der Waals surface area contributed by atoms with E-state index in [1.54, 1.807) is 0 Å². The molecule has 1 N–H and O–H groups in total. The van der Waals surface area contributed by atoms with Crippen molar-refractivity contribution in [3.8, 4) is 5.75 Å². The van der Waals surface area contributed by atoms with Crippen LogP contribution in [0.5, 0.6) is 5.75 Å². The van der Waals surface area contributed by atoms with E-state index in [1.165, 1.54) is 6.42 Å². The number of nitrogens with one attached hydrogen (secondary N) is 1. The molecular formula is C18H24N2O3. The fourth-order valence-electron chi connectivity index (χ4n) is 3.09. The lowest BCUT2D eigenvalue weighted by atomic mass is 9.92. The van der Waals surface area contributed by atoms with Crippen LogP contribution in [0.15, 0.2) is 24.3 Å². The maximum Gasteiger partial charge on any atom is 0.229 e. The van der Waals surface area contributed by atoms with Crippen LogP contribution in [0, 0.1) is 5.92 Å². The minimum atomic E-state index is -0.241. The van der Waals surface area contributed by atoms with Gasteiger partial charge in [-0.1, -0.05) is 0 Å². The first-order valence-corrected chi connectivity index (χ1v) is 8.40. The number of hydrogen-bond acceptors (Lipinski definition) is 3. The lowest BCUT2D eigenvalue weighted by molar-refractivity contribution is -0.131. The Bertz CT molecular complexity index is 578. The largest absolute Gasteiger partial charge is 0.491 e. The maximum absolute atomic E-state index is 12.4. The minimum Gasteiger partial charge on any atom is -0.491 e. The summed E-state index contributed by atoms with van der Waals surface area (Å²) in [5.74, 6) is 0.591. The molecule has 1 heterocycles. The van der Waals surface area contributed by atoms with Crippen molar-refractivity contribution in [1.82, 2.24) is 4.90 Å². The van der Waals surface area contributed by atoms with E-state index in [0.29, 0.717) is 19.0 Å². The Balaban J connectivity index is 1.55. The van der Waals surface area contributed by atoms with Crippen LogP contribution in [0.3, 0.4) is 0 Å². The molecule has 1 atom stereocenters. The van der Waals surface area contributed by atoms with E-state index in [1.807, 2.05) is 43.0 Å². The van der Waals surface area contributed by atoms with Crippen LogP contribution in [0.25, 0.3) is 0 Å². The first-order valence-electron chi connectivity index (χ1n) is 8.40. The molecule has 0 radical (unpaired) electrons. The SMILES string of the molecule is CC(C)Oc1ccc(NC(=O)C2CC(=O)N(C3CCC3)C2)cc1. The molecule has 1 aromatic rings. The van der Waals surface area contributed by atoms with Gasteiger partial charge in [0.15, 0.2) is 0 Å². The van der Waals surface area contributed by atoms with Crippen LogP contribution in [-0.2, 0) is 9.59 Å². The molecule has 5 heteroatoms. The molecule has 1 aliphatic carbocycles. The van der Waals surface area contributed by atoms with E-state index in [2.05, 4.69) is 5.32 Å². The smallest absolute Gasteiger partial charge is 0.229 e. The highest BCUT2D eigenvalue weighted by Gasteiger charge is 2.39. The summed E-state index contributed by atoms with van der Waals surface area (Å²) < 4.78 is 5.58. The summed E-state index contributed by atoms with van der Waals surface area (Å²) in [6.45, 7) is 4.51.